The van der Waals surface area contributed by atoms with Crippen LogP contribution in [0.1, 0.15) is 32.6 Å². The lowest BCUT2D eigenvalue weighted by atomic mass is 9.92. The first kappa shape index (κ1) is 11.6. The summed E-state index contributed by atoms with van der Waals surface area (Å²) in [5.74, 6) is 0. The van der Waals surface area contributed by atoms with Gasteiger partial charge in [-0.15, -0.1) is 0 Å². The van der Waals surface area contributed by atoms with E-state index in [1.165, 1.54) is 6.42 Å². The highest BCUT2D eigenvalue weighted by Gasteiger charge is 2.23. The average Bonchev–Trinajstić information content (AvgIpc) is 2.74. The average molecular weight is 223 g/mol. The second kappa shape index (κ2) is 5.46. The van der Waals surface area contributed by atoms with Gasteiger partial charge in [0, 0.05) is 31.0 Å². The Morgan fingerprint density at radius 1 is 1.50 bits per heavy atom. The molecule has 3 atom stereocenters. The van der Waals surface area contributed by atoms with Crippen molar-refractivity contribution in [2.24, 2.45) is 0 Å². The summed E-state index contributed by atoms with van der Waals surface area (Å²) < 4.78 is 2.06. The van der Waals surface area contributed by atoms with Crippen molar-refractivity contribution >= 4 is 0 Å². The summed E-state index contributed by atoms with van der Waals surface area (Å²) in [6, 6.07) is 0.638. The number of imidazole rings is 1. The van der Waals surface area contributed by atoms with E-state index in [4.69, 9.17) is 0 Å². The van der Waals surface area contributed by atoms with Crippen LogP contribution in [0.15, 0.2) is 18.7 Å². The van der Waals surface area contributed by atoms with Gasteiger partial charge in [0.05, 0.1) is 12.4 Å². The van der Waals surface area contributed by atoms with E-state index in [0.29, 0.717) is 6.04 Å². The van der Waals surface area contributed by atoms with Crippen LogP contribution >= 0.6 is 0 Å². The highest BCUT2D eigenvalue weighted by molar-refractivity contribution is 4.83. The molecular formula is C12H21N3O. The van der Waals surface area contributed by atoms with Crippen LogP contribution in [0.3, 0.4) is 0 Å². The van der Waals surface area contributed by atoms with Gasteiger partial charge in [0.15, 0.2) is 0 Å². The van der Waals surface area contributed by atoms with Crippen LogP contribution < -0.4 is 5.32 Å². The summed E-state index contributed by atoms with van der Waals surface area (Å²) >= 11 is 0. The maximum Gasteiger partial charge on any atom is 0.0946 e. The van der Waals surface area contributed by atoms with Crippen LogP contribution in [0.4, 0.5) is 0 Å². The Labute approximate surface area is 96.7 Å². The fourth-order valence-corrected chi connectivity index (χ4v) is 2.43. The minimum Gasteiger partial charge on any atom is -0.392 e. The number of nitrogens with one attached hydrogen (secondary N) is 1. The SMILES string of the molecule is CC(Cn1ccnc1)NC1CCCCC1O. The van der Waals surface area contributed by atoms with E-state index in [-0.39, 0.29) is 12.1 Å². The second-order valence-electron chi connectivity index (χ2n) is 4.79. The van der Waals surface area contributed by atoms with Crippen molar-refractivity contribution in [3.05, 3.63) is 18.7 Å². The maximum absolute atomic E-state index is 9.86. The van der Waals surface area contributed by atoms with Crippen molar-refractivity contribution in [1.82, 2.24) is 14.9 Å². The zero-order valence-corrected chi connectivity index (χ0v) is 9.84. The highest BCUT2D eigenvalue weighted by Crippen LogP contribution is 2.18. The number of nitrogens with zero attached hydrogens (tertiary/aromatic N) is 2. The first-order valence-corrected chi connectivity index (χ1v) is 6.15. The number of aromatic nitrogens is 2. The van der Waals surface area contributed by atoms with Gasteiger partial charge in [-0.05, 0) is 19.8 Å². The van der Waals surface area contributed by atoms with Crippen molar-refractivity contribution in [2.45, 2.75) is 57.3 Å². The van der Waals surface area contributed by atoms with Crippen molar-refractivity contribution in [2.75, 3.05) is 0 Å². The Morgan fingerprint density at radius 3 is 3.00 bits per heavy atom. The Kier molecular flexibility index (Phi) is 3.96. The van der Waals surface area contributed by atoms with E-state index in [9.17, 15) is 5.11 Å². The molecule has 0 aliphatic heterocycles. The molecule has 1 fully saturated rings. The molecule has 0 amide bonds. The van der Waals surface area contributed by atoms with E-state index < -0.39 is 0 Å². The smallest absolute Gasteiger partial charge is 0.0946 e. The summed E-state index contributed by atoms with van der Waals surface area (Å²) in [6.45, 7) is 3.06. The van der Waals surface area contributed by atoms with Gasteiger partial charge in [-0.2, -0.15) is 0 Å². The van der Waals surface area contributed by atoms with Gasteiger partial charge < -0.3 is 15.0 Å². The van der Waals surface area contributed by atoms with Crippen LogP contribution in [0, 0.1) is 0 Å². The topological polar surface area (TPSA) is 50.1 Å². The van der Waals surface area contributed by atoms with Gasteiger partial charge in [-0.3, -0.25) is 0 Å². The molecule has 0 spiro atoms. The Balaban J connectivity index is 1.79. The molecule has 0 bridgehead atoms. The van der Waals surface area contributed by atoms with E-state index in [1.54, 1.807) is 6.20 Å². The third-order valence-corrected chi connectivity index (χ3v) is 3.27. The Hall–Kier alpha value is -0.870. The molecule has 90 valence electrons. The van der Waals surface area contributed by atoms with E-state index in [0.717, 1.165) is 25.8 Å². The predicted octanol–water partition coefficient (Wildman–Crippen LogP) is 1.16. The number of hydrogen-bond donors (Lipinski definition) is 2. The lowest BCUT2D eigenvalue weighted by Crippen LogP contribution is -2.47. The molecule has 1 aromatic rings. The molecule has 2 N–H and O–H groups in total. The fourth-order valence-electron chi connectivity index (χ4n) is 2.43. The molecule has 3 unspecified atom stereocenters. The van der Waals surface area contributed by atoms with Crippen LogP contribution in [-0.2, 0) is 6.54 Å². The first-order valence-electron chi connectivity index (χ1n) is 6.15. The van der Waals surface area contributed by atoms with Crippen molar-refractivity contribution in [3.8, 4) is 0 Å². The molecule has 1 heterocycles. The molecular weight excluding hydrogens is 202 g/mol. The third kappa shape index (κ3) is 3.06. The van der Waals surface area contributed by atoms with E-state index in [1.807, 2.05) is 12.5 Å². The largest absolute Gasteiger partial charge is 0.392 e. The molecule has 1 saturated carbocycles. The standard InChI is InChI=1S/C12H21N3O/c1-10(8-15-7-6-13-9-15)14-11-4-2-3-5-12(11)16/h6-7,9-12,14,16H,2-5,8H2,1H3. The van der Waals surface area contributed by atoms with Gasteiger partial charge in [-0.1, -0.05) is 12.8 Å². The zero-order chi connectivity index (χ0) is 11.4. The molecule has 2 rings (SSSR count). The summed E-state index contributed by atoms with van der Waals surface area (Å²) in [6.07, 6.45) is 9.85. The van der Waals surface area contributed by atoms with Crippen LogP contribution in [0.2, 0.25) is 0 Å². The minimum absolute atomic E-state index is 0.168. The zero-order valence-electron chi connectivity index (χ0n) is 9.84. The molecule has 4 heteroatoms. The van der Waals surface area contributed by atoms with Crippen LogP contribution in [0.5, 0.6) is 0 Å². The maximum atomic E-state index is 9.86. The summed E-state index contributed by atoms with van der Waals surface area (Å²) in [5, 5.41) is 13.4. The molecule has 0 aromatic carbocycles. The molecule has 0 saturated heterocycles. The highest BCUT2D eigenvalue weighted by atomic mass is 16.3. The molecule has 0 radical (unpaired) electrons. The van der Waals surface area contributed by atoms with Gasteiger partial charge in [0.2, 0.25) is 0 Å². The second-order valence-corrected chi connectivity index (χ2v) is 4.79. The van der Waals surface area contributed by atoms with Crippen LogP contribution in [0.25, 0.3) is 0 Å². The van der Waals surface area contributed by atoms with E-state index in [2.05, 4.69) is 21.8 Å². The van der Waals surface area contributed by atoms with Crippen molar-refractivity contribution in [1.29, 1.82) is 0 Å². The van der Waals surface area contributed by atoms with Gasteiger partial charge >= 0.3 is 0 Å². The number of rotatable bonds is 4. The number of aliphatic hydroxyl groups excluding tert-OH is 1. The van der Waals surface area contributed by atoms with Crippen molar-refractivity contribution < 1.29 is 5.11 Å². The summed E-state index contributed by atoms with van der Waals surface area (Å²) in [5.41, 5.74) is 0. The van der Waals surface area contributed by atoms with E-state index >= 15 is 0 Å². The Bertz CT molecular complexity index is 299. The van der Waals surface area contributed by atoms with Gasteiger partial charge in [0.25, 0.3) is 0 Å². The lowest BCUT2D eigenvalue weighted by molar-refractivity contribution is 0.0847. The van der Waals surface area contributed by atoms with Crippen molar-refractivity contribution in [3.63, 3.8) is 0 Å². The van der Waals surface area contributed by atoms with Gasteiger partial charge in [-0.25, -0.2) is 4.98 Å². The molecule has 4 nitrogen and oxygen atoms in total. The lowest BCUT2D eigenvalue weighted by Gasteiger charge is -2.31. The Morgan fingerprint density at radius 2 is 2.31 bits per heavy atom. The molecule has 1 aromatic heterocycles. The minimum atomic E-state index is -0.168. The number of aliphatic hydroxyl groups is 1. The quantitative estimate of drug-likeness (QED) is 0.805. The normalized spacial score (nSPS) is 27.9. The fraction of sp³-hybridized carbons (Fsp3) is 0.750. The van der Waals surface area contributed by atoms with Crippen LogP contribution in [-0.4, -0.2) is 32.8 Å². The molecule has 1 aliphatic rings. The number of hydrogen-bond acceptors (Lipinski definition) is 3. The molecule has 1 aliphatic carbocycles. The monoisotopic (exact) mass is 223 g/mol. The first-order chi connectivity index (χ1) is 7.75. The molecule has 16 heavy (non-hydrogen) atoms. The summed E-state index contributed by atoms with van der Waals surface area (Å²) in [4.78, 5) is 4.02. The summed E-state index contributed by atoms with van der Waals surface area (Å²) in [7, 11) is 0. The van der Waals surface area contributed by atoms with Gasteiger partial charge in [0.1, 0.15) is 0 Å². The predicted molar refractivity (Wildman–Crippen MR) is 63.1 cm³/mol. The third-order valence-electron chi connectivity index (χ3n) is 3.27.